The summed E-state index contributed by atoms with van der Waals surface area (Å²) in [6.07, 6.45) is 11.7. The molecule has 0 spiro atoms. The van der Waals surface area contributed by atoms with Crippen LogP contribution in [0.1, 0.15) is 45.4 Å². The lowest BCUT2D eigenvalue weighted by Gasteiger charge is -2.17. The van der Waals surface area contributed by atoms with Crippen LogP contribution >= 0.6 is 23.1 Å². The summed E-state index contributed by atoms with van der Waals surface area (Å²) in [5.74, 6) is 1.28. The highest BCUT2D eigenvalue weighted by atomic mass is 32.2. The lowest BCUT2D eigenvalue weighted by atomic mass is 9.85. The third-order valence-corrected chi connectivity index (χ3v) is 8.80. The number of hydrogen-bond acceptors (Lipinski definition) is 5. The Kier molecular flexibility index (Phi) is 5.25. The third-order valence-electron chi connectivity index (χ3n) is 6.55. The number of rotatable bonds is 8. The molecule has 2 bridgehead atoms. The van der Waals surface area contributed by atoms with Crippen molar-refractivity contribution < 1.29 is 9.59 Å². The normalized spacial score (nSPS) is 27.6. The Balaban J connectivity index is 1.29. The summed E-state index contributed by atoms with van der Waals surface area (Å²) in [6, 6.07) is 5.81. The molecule has 6 heteroatoms. The molecule has 2 aromatic rings. The van der Waals surface area contributed by atoms with Crippen molar-refractivity contribution in [2.24, 2.45) is 23.7 Å². The smallest absolute Gasteiger partial charge is 0.238 e. The highest BCUT2D eigenvalue weighted by Crippen LogP contribution is 2.53. The maximum Gasteiger partial charge on any atom is 0.238 e. The minimum Gasteiger partial charge on any atom is -0.274 e. The van der Waals surface area contributed by atoms with Gasteiger partial charge in [-0.2, -0.15) is 0 Å². The quantitative estimate of drug-likeness (QED) is 0.236. The summed E-state index contributed by atoms with van der Waals surface area (Å²) in [5, 5.41) is 0. The Labute approximate surface area is 179 Å². The highest BCUT2D eigenvalue weighted by molar-refractivity contribution is 8.01. The predicted octanol–water partition coefficient (Wildman–Crippen LogP) is 5.67. The topological polar surface area (TPSA) is 50.3 Å². The van der Waals surface area contributed by atoms with Crippen LogP contribution in [-0.4, -0.2) is 22.6 Å². The number of thioether (sulfide) groups is 1. The van der Waals surface area contributed by atoms with Gasteiger partial charge in [0.1, 0.15) is 0 Å². The highest BCUT2D eigenvalue weighted by Gasteiger charge is 2.59. The van der Waals surface area contributed by atoms with Crippen molar-refractivity contribution in [3.8, 4) is 0 Å². The number of allylic oxidation sites excluding steroid dienone is 2. The van der Waals surface area contributed by atoms with Crippen molar-refractivity contribution in [2.45, 2.75) is 49.8 Å². The van der Waals surface area contributed by atoms with Crippen molar-refractivity contribution in [3.63, 3.8) is 0 Å². The summed E-state index contributed by atoms with van der Waals surface area (Å²) in [4.78, 5) is 32.2. The van der Waals surface area contributed by atoms with Gasteiger partial charge in [-0.25, -0.2) is 9.88 Å². The van der Waals surface area contributed by atoms with E-state index in [9.17, 15) is 9.59 Å². The number of carbonyl (C=O) groups is 2. The van der Waals surface area contributed by atoms with Crippen LogP contribution in [0.2, 0.25) is 0 Å². The zero-order valence-corrected chi connectivity index (χ0v) is 18.3. The van der Waals surface area contributed by atoms with E-state index >= 15 is 0 Å². The maximum absolute atomic E-state index is 13.0. The summed E-state index contributed by atoms with van der Waals surface area (Å²) in [6.45, 7) is 2.24. The Morgan fingerprint density at radius 2 is 1.79 bits per heavy atom. The standard InChI is InChI=1S/C23H26N2O2S2/c1-2-3-4-5-6-11-28-23-24-17-10-9-16(13-18(17)29-23)25-21(26)19-14-7-8-15(12-14)20(19)22(25)27/h7-10,13-15,19-20H,2-6,11-12H2,1H3. The average Bonchev–Trinajstić information content (AvgIpc) is 3.47. The zero-order valence-electron chi connectivity index (χ0n) is 16.7. The number of hydrogen-bond donors (Lipinski definition) is 0. The Bertz CT molecular complexity index is 952. The maximum atomic E-state index is 13.0. The van der Waals surface area contributed by atoms with E-state index in [1.807, 2.05) is 30.0 Å². The molecule has 0 N–H and O–H groups in total. The number of aromatic nitrogens is 1. The van der Waals surface area contributed by atoms with Gasteiger partial charge in [-0.05, 0) is 42.9 Å². The van der Waals surface area contributed by atoms with Crippen molar-refractivity contribution in [2.75, 3.05) is 10.7 Å². The van der Waals surface area contributed by atoms with Crippen LogP contribution in [0.3, 0.4) is 0 Å². The molecule has 4 nitrogen and oxygen atoms in total. The molecule has 29 heavy (non-hydrogen) atoms. The first-order chi connectivity index (χ1) is 14.2. The first kappa shape index (κ1) is 19.3. The molecule has 2 aliphatic carbocycles. The first-order valence-corrected chi connectivity index (χ1v) is 12.6. The van der Waals surface area contributed by atoms with Crippen LogP contribution in [0.15, 0.2) is 34.7 Å². The fraction of sp³-hybridized carbons (Fsp3) is 0.522. The number of unbranched alkanes of at least 4 members (excludes halogenated alkanes) is 4. The van der Waals surface area contributed by atoms with Gasteiger partial charge < -0.3 is 0 Å². The number of nitrogens with zero attached hydrogens (tertiary/aromatic N) is 2. The molecular weight excluding hydrogens is 400 g/mol. The molecule has 0 radical (unpaired) electrons. The van der Waals surface area contributed by atoms with Crippen molar-refractivity contribution in [1.29, 1.82) is 0 Å². The van der Waals surface area contributed by atoms with Gasteiger partial charge in [0.25, 0.3) is 0 Å². The molecule has 1 aromatic carbocycles. The van der Waals surface area contributed by atoms with Crippen molar-refractivity contribution >= 4 is 50.8 Å². The van der Waals surface area contributed by atoms with E-state index < -0.39 is 0 Å². The molecule has 4 atom stereocenters. The zero-order chi connectivity index (χ0) is 20.0. The molecule has 4 unspecified atom stereocenters. The van der Waals surface area contributed by atoms with Crippen LogP contribution in [-0.2, 0) is 9.59 Å². The number of amides is 2. The lowest BCUT2D eigenvalue weighted by Crippen LogP contribution is -2.32. The lowest BCUT2D eigenvalue weighted by molar-refractivity contribution is -0.123. The average molecular weight is 427 g/mol. The van der Waals surface area contributed by atoms with Gasteiger partial charge in [0, 0.05) is 5.75 Å². The molecule has 2 amide bonds. The molecule has 1 saturated heterocycles. The Morgan fingerprint density at radius 1 is 1.07 bits per heavy atom. The number of thiazole rings is 1. The Morgan fingerprint density at radius 3 is 2.52 bits per heavy atom. The van der Waals surface area contributed by atoms with Crippen molar-refractivity contribution in [1.82, 2.24) is 4.98 Å². The van der Waals surface area contributed by atoms with E-state index in [1.165, 1.54) is 37.0 Å². The summed E-state index contributed by atoms with van der Waals surface area (Å²) >= 11 is 3.48. The van der Waals surface area contributed by atoms with Crippen LogP contribution < -0.4 is 4.90 Å². The van der Waals surface area contributed by atoms with Crippen LogP contribution in [0.5, 0.6) is 0 Å². The summed E-state index contributed by atoms with van der Waals surface area (Å²) in [5.41, 5.74) is 1.66. The second kappa shape index (κ2) is 7.88. The molecule has 1 aliphatic heterocycles. The van der Waals surface area contributed by atoms with E-state index in [1.54, 1.807) is 11.3 Å². The fourth-order valence-corrected chi connectivity index (χ4v) is 7.29. The molecule has 1 aromatic heterocycles. The second-order valence-corrected chi connectivity index (χ2v) is 10.8. The molecule has 2 heterocycles. The van der Waals surface area contributed by atoms with Crippen LogP contribution in [0.25, 0.3) is 10.2 Å². The number of fused-ring (bicyclic) bond motifs is 6. The van der Waals surface area contributed by atoms with E-state index in [0.717, 1.165) is 26.7 Å². The van der Waals surface area contributed by atoms with Crippen LogP contribution in [0, 0.1) is 23.7 Å². The fourth-order valence-electron chi connectivity index (χ4n) is 5.11. The monoisotopic (exact) mass is 426 g/mol. The largest absolute Gasteiger partial charge is 0.274 e. The van der Waals surface area contributed by atoms with Gasteiger partial charge in [0.15, 0.2) is 4.34 Å². The first-order valence-electron chi connectivity index (χ1n) is 10.8. The SMILES string of the molecule is CCCCCCCSc1nc2ccc(N3C(=O)C4C5C=CC(C5)C4C3=O)cc2s1. The summed E-state index contributed by atoms with van der Waals surface area (Å²) in [7, 11) is 0. The van der Waals surface area contributed by atoms with Gasteiger partial charge >= 0.3 is 0 Å². The summed E-state index contributed by atoms with van der Waals surface area (Å²) < 4.78 is 2.13. The Hall–Kier alpha value is -1.66. The third kappa shape index (κ3) is 3.34. The minimum absolute atomic E-state index is 0.0117. The van der Waals surface area contributed by atoms with E-state index in [-0.39, 0.29) is 35.5 Å². The van der Waals surface area contributed by atoms with E-state index in [4.69, 9.17) is 4.98 Å². The van der Waals surface area contributed by atoms with Gasteiger partial charge in [0.05, 0.1) is 27.7 Å². The van der Waals surface area contributed by atoms with Gasteiger partial charge in [0.2, 0.25) is 11.8 Å². The molecule has 152 valence electrons. The number of carbonyl (C=O) groups excluding carboxylic acids is 2. The van der Waals surface area contributed by atoms with Gasteiger partial charge in [-0.15, -0.1) is 11.3 Å². The van der Waals surface area contributed by atoms with Crippen LogP contribution in [0.4, 0.5) is 5.69 Å². The van der Waals surface area contributed by atoms with Gasteiger partial charge in [-0.3, -0.25) is 9.59 Å². The second-order valence-electron chi connectivity index (χ2n) is 8.41. The number of imide groups is 1. The van der Waals surface area contributed by atoms with E-state index in [0.29, 0.717) is 5.69 Å². The number of anilines is 1. The molecule has 2 fully saturated rings. The van der Waals surface area contributed by atoms with Crippen molar-refractivity contribution in [3.05, 3.63) is 30.4 Å². The van der Waals surface area contributed by atoms with E-state index in [2.05, 4.69) is 19.1 Å². The molecule has 5 rings (SSSR count). The molecule has 1 saturated carbocycles. The molecule has 3 aliphatic rings. The number of benzene rings is 1. The minimum atomic E-state index is -0.145. The molecular formula is C23H26N2O2S2. The predicted molar refractivity (Wildman–Crippen MR) is 119 cm³/mol. The van der Waals surface area contributed by atoms with Gasteiger partial charge in [-0.1, -0.05) is 56.5 Å².